The van der Waals surface area contributed by atoms with Gasteiger partial charge in [0.25, 0.3) is 5.91 Å². The highest BCUT2D eigenvalue weighted by Crippen LogP contribution is 2.21. The molecule has 1 aromatic heterocycles. The first-order chi connectivity index (χ1) is 14.8. The lowest BCUT2D eigenvalue weighted by molar-refractivity contribution is -0.141. The van der Waals surface area contributed by atoms with Gasteiger partial charge in [0.1, 0.15) is 5.82 Å². The lowest BCUT2D eigenvalue weighted by Gasteiger charge is -2.29. The molecule has 1 aliphatic rings. The lowest BCUT2D eigenvalue weighted by atomic mass is 10.2. The van der Waals surface area contributed by atoms with E-state index >= 15 is 0 Å². The van der Waals surface area contributed by atoms with Gasteiger partial charge in [-0.1, -0.05) is 35.3 Å². The first-order valence-electron chi connectivity index (χ1n) is 10.1. The summed E-state index contributed by atoms with van der Waals surface area (Å²) in [4.78, 5) is 28.7. The molecule has 0 radical (unpaired) electrons. The zero-order valence-corrected chi connectivity index (χ0v) is 19.6. The molecule has 168 valence electrons. The third-order valence-electron chi connectivity index (χ3n) is 5.21. The summed E-state index contributed by atoms with van der Waals surface area (Å²) in [6.45, 7) is 3.44. The quantitative estimate of drug-likeness (QED) is 0.489. The van der Waals surface area contributed by atoms with Crippen molar-refractivity contribution in [1.82, 2.24) is 9.80 Å². The number of aryl methyl sites for hydroxylation is 1. The molecule has 1 atom stereocenters. The highest BCUT2D eigenvalue weighted by molar-refractivity contribution is 7.10. The summed E-state index contributed by atoms with van der Waals surface area (Å²) < 4.78 is 18.9. The Balaban J connectivity index is 1.77. The van der Waals surface area contributed by atoms with Crippen LogP contribution >= 0.6 is 34.5 Å². The van der Waals surface area contributed by atoms with Gasteiger partial charge in [-0.3, -0.25) is 9.59 Å². The fourth-order valence-corrected chi connectivity index (χ4v) is 4.65. The van der Waals surface area contributed by atoms with Crippen molar-refractivity contribution in [2.24, 2.45) is 0 Å². The normalized spacial score (nSPS) is 16.0. The molecular formula is C22H25Cl2FN2O3S. The maximum absolute atomic E-state index is 13.3. The molecule has 0 bridgehead atoms. The summed E-state index contributed by atoms with van der Waals surface area (Å²) in [5.74, 6) is -1.09. The molecule has 1 aliphatic heterocycles. The molecule has 1 saturated heterocycles. The summed E-state index contributed by atoms with van der Waals surface area (Å²) in [5.41, 5.74) is 1.89. The van der Waals surface area contributed by atoms with Gasteiger partial charge in [0.15, 0.2) is 4.84 Å². The van der Waals surface area contributed by atoms with E-state index in [0.717, 1.165) is 28.8 Å². The number of alkyl halides is 2. The van der Waals surface area contributed by atoms with E-state index in [0.29, 0.717) is 19.7 Å². The van der Waals surface area contributed by atoms with E-state index in [1.54, 1.807) is 28.4 Å². The summed E-state index contributed by atoms with van der Waals surface area (Å²) in [5, 5.41) is 1.98. The van der Waals surface area contributed by atoms with Gasteiger partial charge in [0.2, 0.25) is 5.91 Å². The number of carbonyl (C=O) groups excluding carboxylic acids is 2. The number of halogens is 3. The van der Waals surface area contributed by atoms with Crippen LogP contribution in [0.15, 0.2) is 35.7 Å². The van der Waals surface area contributed by atoms with Gasteiger partial charge in [-0.05, 0) is 54.5 Å². The predicted molar refractivity (Wildman–Crippen MR) is 121 cm³/mol. The molecule has 0 aliphatic carbocycles. The monoisotopic (exact) mass is 486 g/mol. The van der Waals surface area contributed by atoms with Crippen molar-refractivity contribution >= 4 is 46.4 Å². The molecule has 5 nitrogen and oxygen atoms in total. The van der Waals surface area contributed by atoms with Gasteiger partial charge in [-0.2, -0.15) is 0 Å². The molecule has 0 N–H and O–H groups in total. The van der Waals surface area contributed by atoms with Crippen LogP contribution in [0.25, 0.3) is 0 Å². The number of hydrogen-bond donors (Lipinski definition) is 0. The molecule has 1 fully saturated rings. The van der Waals surface area contributed by atoms with Crippen LogP contribution in [0, 0.1) is 12.7 Å². The minimum absolute atomic E-state index is 0.131. The topological polar surface area (TPSA) is 49.9 Å². The van der Waals surface area contributed by atoms with E-state index in [2.05, 4.69) is 0 Å². The average molecular weight is 487 g/mol. The highest BCUT2D eigenvalue weighted by atomic mass is 35.5. The van der Waals surface area contributed by atoms with Gasteiger partial charge >= 0.3 is 0 Å². The van der Waals surface area contributed by atoms with Crippen LogP contribution in [-0.4, -0.2) is 52.3 Å². The van der Waals surface area contributed by atoms with Crippen LogP contribution in [0.1, 0.15) is 28.8 Å². The molecule has 0 spiro atoms. The Morgan fingerprint density at radius 2 is 1.94 bits per heavy atom. The predicted octanol–water partition coefficient (Wildman–Crippen LogP) is 4.54. The Morgan fingerprint density at radius 1 is 1.19 bits per heavy atom. The van der Waals surface area contributed by atoms with Crippen LogP contribution < -0.4 is 0 Å². The van der Waals surface area contributed by atoms with Crippen molar-refractivity contribution < 1.29 is 18.7 Å². The second kappa shape index (κ2) is 11.3. The standard InChI is InChI=1S/C22H25Cl2FN2O3S/c1-15-8-10-31-19(15)13-26(11-16-4-6-17(25)7-5-16)20(28)14-27(22(29)21(23)24)12-18-3-2-9-30-18/h4-8,10,18,21H,2-3,9,11-14H2,1H3. The van der Waals surface area contributed by atoms with Crippen molar-refractivity contribution in [1.29, 1.82) is 0 Å². The van der Waals surface area contributed by atoms with Crippen molar-refractivity contribution in [3.8, 4) is 0 Å². The fourth-order valence-electron chi connectivity index (χ4n) is 3.45. The van der Waals surface area contributed by atoms with Crippen LogP contribution in [0.5, 0.6) is 0 Å². The van der Waals surface area contributed by atoms with E-state index in [-0.39, 0.29) is 30.9 Å². The number of carbonyl (C=O) groups is 2. The zero-order chi connectivity index (χ0) is 22.4. The van der Waals surface area contributed by atoms with Gasteiger partial charge in [-0.25, -0.2) is 4.39 Å². The van der Waals surface area contributed by atoms with Crippen molar-refractivity contribution in [2.75, 3.05) is 19.7 Å². The molecule has 2 heterocycles. The van der Waals surface area contributed by atoms with Gasteiger partial charge in [0.05, 0.1) is 19.2 Å². The Hall–Kier alpha value is -1.67. The third kappa shape index (κ3) is 6.91. The third-order valence-corrected chi connectivity index (χ3v) is 6.60. The summed E-state index contributed by atoms with van der Waals surface area (Å²) in [6.07, 6.45) is 1.61. The number of hydrogen-bond acceptors (Lipinski definition) is 4. The minimum atomic E-state index is -1.25. The largest absolute Gasteiger partial charge is 0.376 e. The first kappa shape index (κ1) is 24.0. The van der Waals surface area contributed by atoms with E-state index in [4.69, 9.17) is 27.9 Å². The summed E-state index contributed by atoms with van der Waals surface area (Å²) >= 11 is 13.2. The number of amides is 2. The van der Waals surface area contributed by atoms with Crippen molar-refractivity contribution in [3.05, 3.63) is 57.5 Å². The van der Waals surface area contributed by atoms with E-state index in [1.165, 1.54) is 17.0 Å². The minimum Gasteiger partial charge on any atom is -0.376 e. The molecule has 1 unspecified atom stereocenters. The molecular weight excluding hydrogens is 462 g/mol. The fraction of sp³-hybridized carbons (Fsp3) is 0.455. The molecule has 3 rings (SSSR count). The molecule has 2 aromatic rings. The van der Waals surface area contributed by atoms with Gasteiger partial charge in [-0.15, -0.1) is 11.3 Å². The lowest BCUT2D eigenvalue weighted by Crippen LogP contribution is -2.46. The van der Waals surface area contributed by atoms with E-state index < -0.39 is 10.7 Å². The number of rotatable bonds is 9. The van der Waals surface area contributed by atoms with Crippen molar-refractivity contribution in [2.45, 2.75) is 43.8 Å². The Morgan fingerprint density at radius 3 is 2.52 bits per heavy atom. The maximum Gasteiger partial charge on any atom is 0.256 e. The number of ether oxygens (including phenoxy) is 1. The SMILES string of the molecule is Cc1ccsc1CN(Cc1ccc(F)cc1)C(=O)CN(CC1CCCO1)C(=O)C(Cl)Cl. The first-order valence-corrected chi connectivity index (χ1v) is 11.8. The molecule has 0 saturated carbocycles. The summed E-state index contributed by atoms with van der Waals surface area (Å²) in [6, 6.07) is 8.04. The molecule has 1 aromatic carbocycles. The Labute approximate surface area is 195 Å². The second-order valence-corrected chi connectivity index (χ2v) is 9.65. The molecule has 31 heavy (non-hydrogen) atoms. The smallest absolute Gasteiger partial charge is 0.256 e. The Kier molecular flexibility index (Phi) is 8.72. The number of thiophene rings is 1. The maximum atomic E-state index is 13.3. The van der Waals surface area contributed by atoms with Crippen molar-refractivity contribution in [3.63, 3.8) is 0 Å². The van der Waals surface area contributed by atoms with Gasteiger partial charge < -0.3 is 14.5 Å². The second-order valence-electron chi connectivity index (χ2n) is 7.56. The summed E-state index contributed by atoms with van der Waals surface area (Å²) in [7, 11) is 0. The van der Waals surface area contributed by atoms with Crippen LogP contribution in [0.3, 0.4) is 0 Å². The number of nitrogens with zero attached hydrogens (tertiary/aromatic N) is 2. The highest BCUT2D eigenvalue weighted by Gasteiger charge is 2.29. The van der Waals surface area contributed by atoms with Crippen LogP contribution in [0.4, 0.5) is 4.39 Å². The van der Waals surface area contributed by atoms with Crippen LogP contribution in [0.2, 0.25) is 0 Å². The number of benzene rings is 1. The molecule has 2 amide bonds. The zero-order valence-electron chi connectivity index (χ0n) is 17.2. The Bertz CT molecular complexity index is 885. The van der Waals surface area contributed by atoms with E-state index in [9.17, 15) is 14.0 Å². The van der Waals surface area contributed by atoms with E-state index in [1.807, 2.05) is 18.4 Å². The van der Waals surface area contributed by atoms with Gasteiger partial charge in [0, 0.05) is 24.6 Å². The average Bonchev–Trinajstić information content (AvgIpc) is 3.39. The molecule has 9 heteroatoms. The van der Waals surface area contributed by atoms with Crippen LogP contribution in [-0.2, 0) is 27.4 Å².